The number of carbonyl (C=O) groups excluding carboxylic acids is 1. The first-order valence-electron chi connectivity index (χ1n) is 12.1. The van der Waals surface area contributed by atoms with Crippen molar-refractivity contribution in [2.45, 2.75) is 37.6 Å². The number of anilines is 1. The Morgan fingerprint density at radius 3 is 1.91 bits per heavy atom. The number of phenolic OH excluding ortho intramolecular Hbond substituents is 1. The third kappa shape index (κ3) is 3.40. The second-order valence-electron chi connectivity index (χ2n) is 9.31. The number of aryl methyl sites for hydroxylation is 2. The predicted molar refractivity (Wildman–Crippen MR) is 135 cm³/mol. The Kier molecular flexibility index (Phi) is 5.18. The molecule has 0 radical (unpaired) electrons. The van der Waals surface area contributed by atoms with Crippen LogP contribution < -0.4 is 4.90 Å². The summed E-state index contributed by atoms with van der Waals surface area (Å²) in [5, 5.41) is 11.1. The zero-order valence-corrected chi connectivity index (χ0v) is 19.0. The molecular weight excluding hydrogens is 418 g/mol. The minimum atomic E-state index is -0.515. The molecule has 1 aliphatic heterocycles. The van der Waals surface area contributed by atoms with Gasteiger partial charge in [-0.25, -0.2) is 0 Å². The summed E-state index contributed by atoms with van der Waals surface area (Å²) in [6, 6.07) is 32.2. The van der Waals surface area contributed by atoms with Crippen LogP contribution in [0.1, 0.15) is 58.2 Å². The van der Waals surface area contributed by atoms with Crippen molar-refractivity contribution in [3.8, 4) is 5.75 Å². The van der Waals surface area contributed by atoms with Crippen LogP contribution in [0.3, 0.4) is 0 Å². The second-order valence-corrected chi connectivity index (χ2v) is 9.31. The molecule has 0 saturated heterocycles. The number of hydrogen-bond acceptors (Lipinski definition) is 2. The second kappa shape index (κ2) is 8.49. The molecule has 0 bridgehead atoms. The van der Waals surface area contributed by atoms with Crippen LogP contribution in [0.5, 0.6) is 5.75 Å². The van der Waals surface area contributed by atoms with Gasteiger partial charge in [0.25, 0.3) is 0 Å². The summed E-state index contributed by atoms with van der Waals surface area (Å²) in [4.78, 5) is 16.2. The van der Waals surface area contributed by atoms with E-state index in [1.165, 1.54) is 11.1 Å². The topological polar surface area (TPSA) is 40.5 Å². The summed E-state index contributed by atoms with van der Waals surface area (Å²) in [5.41, 5.74) is 7.20. The van der Waals surface area contributed by atoms with Crippen LogP contribution in [0.15, 0.2) is 97.1 Å². The van der Waals surface area contributed by atoms with E-state index in [0.29, 0.717) is 0 Å². The average Bonchev–Trinajstić information content (AvgIpc) is 3.17. The maximum Gasteiger partial charge on any atom is 0.240 e. The molecule has 1 heterocycles. The highest BCUT2D eigenvalue weighted by Gasteiger charge is 2.43. The highest BCUT2D eigenvalue weighted by Crippen LogP contribution is 2.49. The van der Waals surface area contributed by atoms with Crippen molar-refractivity contribution < 1.29 is 9.90 Å². The van der Waals surface area contributed by atoms with Gasteiger partial charge in [-0.2, -0.15) is 0 Å². The van der Waals surface area contributed by atoms with E-state index in [9.17, 15) is 9.90 Å². The van der Waals surface area contributed by atoms with Crippen LogP contribution in [0.2, 0.25) is 0 Å². The minimum Gasteiger partial charge on any atom is -0.508 e. The molecule has 1 unspecified atom stereocenters. The molecule has 3 nitrogen and oxygen atoms in total. The Labute approximate surface area is 200 Å². The Morgan fingerprint density at radius 1 is 0.706 bits per heavy atom. The molecule has 4 aromatic rings. The number of phenols is 1. The quantitative estimate of drug-likeness (QED) is 0.387. The summed E-state index contributed by atoms with van der Waals surface area (Å²) in [6.45, 7) is 0. The fourth-order valence-electron chi connectivity index (χ4n) is 5.69. The van der Waals surface area contributed by atoms with E-state index in [1.54, 1.807) is 0 Å². The lowest BCUT2D eigenvalue weighted by molar-refractivity contribution is -0.118. The van der Waals surface area contributed by atoms with Gasteiger partial charge < -0.3 is 5.11 Å². The molecule has 2 aliphatic rings. The Hall–Kier alpha value is -3.85. The lowest BCUT2D eigenvalue weighted by atomic mass is 9.85. The summed E-state index contributed by atoms with van der Waals surface area (Å²) < 4.78 is 0. The average molecular weight is 446 g/mol. The number of rotatable bonds is 4. The molecule has 4 aromatic carbocycles. The van der Waals surface area contributed by atoms with E-state index in [1.807, 2.05) is 71.6 Å². The number of fused-ring (bicyclic) bond motifs is 2. The highest BCUT2D eigenvalue weighted by atomic mass is 16.3. The first kappa shape index (κ1) is 20.7. The maximum atomic E-state index is 14.3. The monoisotopic (exact) mass is 445 g/mol. The van der Waals surface area contributed by atoms with Gasteiger partial charge in [0, 0.05) is 11.3 Å². The number of aromatic hydroxyl groups is 1. The van der Waals surface area contributed by atoms with Gasteiger partial charge in [-0.15, -0.1) is 0 Å². The largest absolute Gasteiger partial charge is 0.508 e. The van der Waals surface area contributed by atoms with Gasteiger partial charge in [0.15, 0.2) is 0 Å². The number of benzene rings is 4. The van der Waals surface area contributed by atoms with Gasteiger partial charge in [0.05, 0.1) is 12.0 Å². The molecular formula is C31H27NO2. The van der Waals surface area contributed by atoms with E-state index in [0.717, 1.165) is 53.6 Å². The molecule has 34 heavy (non-hydrogen) atoms. The van der Waals surface area contributed by atoms with E-state index in [4.69, 9.17) is 0 Å². The number of nitrogens with zero attached hydrogens (tertiary/aromatic N) is 1. The molecule has 0 fully saturated rings. The van der Waals surface area contributed by atoms with Crippen LogP contribution in [0.25, 0.3) is 0 Å². The van der Waals surface area contributed by atoms with Crippen molar-refractivity contribution in [1.29, 1.82) is 0 Å². The lowest BCUT2D eigenvalue weighted by Gasteiger charge is -2.30. The molecule has 0 saturated carbocycles. The van der Waals surface area contributed by atoms with Crippen molar-refractivity contribution in [3.63, 3.8) is 0 Å². The Bertz CT molecular complexity index is 1310. The number of hydrogen-bond donors (Lipinski definition) is 1. The molecule has 1 N–H and O–H groups in total. The molecule has 3 heteroatoms. The minimum absolute atomic E-state index is 0.00460. The Balaban J connectivity index is 1.52. The van der Waals surface area contributed by atoms with Gasteiger partial charge in [0.2, 0.25) is 5.91 Å². The predicted octanol–water partition coefficient (Wildman–Crippen LogP) is 6.54. The fraction of sp³-hybridized carbons (Fsp3) is 0.194. The molecule has 1 aliphatic carbocycles. The van der Waals surface area contributed by atoms with Crippen LogP contribution in [0.4, 0.5) is 5.69 Å². The van der Waals surface area contributed by atoms with Gasteiger partial charge >= 0.3 is 0 Å². The van der Waals surface area contributed by atoms with Crippen LogP contribution in [0, 0.1) is 0 Å². The standard InChI is InChI=1S/C31H27NO2/c33-28-20-24-16-8-7-15-23(24)19-26(28)29-25-17-9-10-18-27(25)32(31(29)34)30(21-11-3-1-4-12-21)22-13-5-2-6-14-22/h1-6,9-14,17-20,29-30,33H,7-8,15-16H2. The zero-order chi connectivity index (χ0) is 23.1. The SMILES string of the molecule is O=C1C(c2cc3c(cc2O)CCCC3)c2ccccc2N1C(c1ccccc1)c1ccccc1. The maximum absolute atomic E-state index is 14.3. The molecule has 1 atom stereocenters. The lowest BCUT2D eigenvalue weighted by Crippen LogP contribution is -2.34. The van der Waals surface area contributed by atoms with Crippen LogP contribution in [-0.4, -0.2) is 11.0 Å². The van der Waals surface area contributed by atoms with E-state index in [2.05, 4.69) is 30.3 Å². The first-order chi connectivity index (χ1) is 16.7. The van der Waals surface area contributed by atoms with Crippen molar-refractivity contribution in [2.75, 3.05) is 4.90 Å². The third-order valence-electron chi connectivity index (χ3n) is 7.28. The molecule has 6 rings (SSSR count). The summed E-state index contributed by atoms with van der Waals surface area (Å²) >= 11 is 0. The number of carbonyl (C=O) groups is 1. The van der Waals surface area contributed by atoms with E-state index >= 15 is 0 Å². The van der Waals surface area contributed by atoms with E-state index in [-0.39, 0.29) is 17.7 Å². The van der Waals surface area contributed by atoms with Crippen molar-refractivity contribution in [2.24, 2.45) is 0 Å². The zero-order valence-electron chi connectivity index (χ0n) is 19.0. The van der Waals surface area contributed by atoms with Gasteiger partial charge in [-0.1, -0.05) is 84.9 Å². The van der Waals surface area contributed by atoms with Crippen molar-refractivity contribution in [3.05, 3.63) is 130 Å². The number of para-hydroxylation sites is 1. The molecule has 0 aromatic heterocycles. The number of amides is 1. The Morgan fingerprint density at radius 2 is 1.26 bits per heavy atom. The molecule has 0 spiro atoms. The van der Waals surface area contributed by atoms with E-state index < -0.39 is 5.92 Å². The highest BCUT2D eigenvalue weighted by molar-refractivity contribution is 6.08. The first-order valence-corrected chi connectivity index (χ1v) is 12.1. The van der Waals surface area contributed by atoms with Crippen molar-refractivity contribution >= 4 is 11.6 Å². The summed E-state index contributed by atoms with van der Waals surface area (Å²) in [6.07, 6.45) is 4.31. The molecule has 168 valence electrons. The normalized spacial score (nSPS) is 17.0. The third-order valence-corrected chi connectivity index (χ3v) is 7.28. The summed E-state index contributed by atoms with van der Waals surface area (Å²) in [5.74, 6) is -0.282. The van der Waals surface area contributed by atoms with Crippen LogP contribution in [-0.2, 0) is 17.6 Å². The van der Waals surface area contributed by atoms with Crippen molar-refractivity contribution in [1.82, 2.24) is 0 Å². The fourth-order valence-corrected chi connectivity index (χ4v) is 5.69. The van der Waals surface area contributed by atoms with Gasteiger partial charge in [-0.05, 0) is 65.6 Å². The molecule has 1 amide bonds. The smallest absolute Gasteiger partial charge is 0.240 e. The summed E-state index contributed by atoms with van der Waals surface area (Å²) in [7, 11) is 0. The van der Waals surface area contributed by atoms with Crippen LogP contribution >= 0.6 is 0 Å². The van der Waals surface area contributed by atoms with Gasteiger partial charge in [-0.3, -0.25) is 9.69 Å². The van der Waals surface area contributed by atoms with Gasteiger partial charge in [0.1, 0.15) is 5.75 Å².